The second-order valence-corrected chi connectivity index (χ2v) is 6.25. The third-order valence-corrected chi connectivity index (χ3v) is 4.33. The van der Waals surface area contributed by atoms with Crippen LogP contribution in [0.3, 0.4) is 0 Å². The van der Waals surface area contributed by atoms with Crippen molar-refractivity contribution in [2.75, 3.05) is 12.8 Å². The molecule has 2 heterocycles. The summed E-state index contributed by atoms with van der Waals surface area (Å²) < 4.78 is 19.9. The van der Waals surface area contributed by atoms with E-state index in [0.29, 0.717) is 16.6 Å². The van der Waals surface area contributed by atoms with Gasteiger partial charge in [-0.2, -0.15) is 0 Å². The van der Waals surface area contributed by atoms with Gasteiger partial charge < -0.3 is 15.1 Å². The van der Waals surface area contributed by atoms with Crippen LogP contribution in [-0.2, 0) is 11.3 Å². The summed E-state index contributed by atoms with van der Waals surface area (Å²) in [6, 6.07) is 9.20. The second kappa shape index (κ2) is 8.54. The largest absolute Gasteiger partial charge is 0.467 e. The summed E-state index contributed by atoms with van der Waals surface area (Å²) in [4.78, 5) is 28.6. The summed E-state index contributed by atoms with van der Waals surface area (Å²) in [6.45, 7) is 0.0502. The maximum atomic E-state index is 13.2. The normalized spacial score (nSPS) is 10.6. The van der Waals surface area contributed by atoms with E-state index in [0.717, 1.165) is 0 Å². The minimum atomic E-state index is -0.458. The molecule has 9 heteroatoms. The molecule has 2 N–H and O–H groups in total. The molecule has 0 unspecified atom stereocenters. The highest BCUT2D eigenvalue weighted by Crippen LogP contribution is 2.22. The molecule has 0 saturated carbocycles. The Labute approximate surface area is 159 Å². The minimum absolute atomic E-state index is 0.192. The van der Waals surface area contributed by atoms with Crippen LogP contribution in [-0.4, -0.2) is 34.2 Å². The molecule has 0 radical (unpaired) electrons. The number of thioether (sulfide) groups is 1. The Kier molecular flexibility index (Phi) is 5.92. The van der Waals surface area contributed by atoms with Crippen molar-refractivity contribution in [2.45, 2.75) is 11.7 Å². The van der Waals surface area contributed by atoms with E-state index in [1.165, 1.54) is 36.4 Å². The van der Waals surface area contributed by atoms with Crippen LogP contribution in [0.5, 0.6) is 0 Å². The standard InChI is InChI=1S/C18H17FN4O3S/c1-27-18-22-10-15(23(18)13-6-4-12(19)5-7-13)17(25)21-11-16(24)20-9-14-3-2-8-26-14/h2-8,10H,9,11H2,1H3,(H,20,24)(H,21,25). The Hall–Kier alpha value is -3.07. The van der Waals surface area contributed by atoms with Crippen molar-refractivity contribution in [1.29, 1.82) is 0 Å². The molecule has 0 spiro atoms. The first kappa shape index (κ1) is 18.7. The van der Waals surface area contributed by atoms with Gasteiger partial charge in [-0.25, -0.2) is 9.37 Å². The highest BCUT2D eigenvalue weighted by Gasteiger charge is 2.18. The van der Waals surface area contributed by atoms with Crippen molar-refractivity contribution >= 4 is 23.6 Å². The quantitative estimate of drug-likeness (QED) is 0.607. The Morgan fingerprint density at radius 2 is 2.00 bits per heavy atom. The number of hydrogen-bond donors (Lipinski definition) is 2. The summed E-state index contributed by atoms with van der Waals surface area (Å²) in [5.74, 6) is -0.560. The molecular formula is C18H17FN4O3S. The van der Waals surface area contributed by atoms with Gasteiger partial charge >= 0.3 is 0 Å². The average molecular weight is 388 g/mol. The highest BCUT2D eigenvalue weighted by molar-refractivity contribution is 7.98. The van der Waals surface area contributed by atoms with Crippen molar-refractivity contribution in [1.82, 2.24) is 20.2 Å². The third-order valence-electron chi connectivity index (χ3n) is 3.68. The molecular weight excluding hydrogens is 371 g/mol. The summed E-state index contributed by atoms with van der Waals surface area (Å²) in [5, 5.41) is 5.79. The molecule has 140 valence electrons. The zero-order valence-electron chi connectivity index (χ0n) is 14.4. The van der Waals surface area contributed by atoms with Crippen LogP contribution in [0.2, 0.25) is 0 Å². The Balaban J connectivity index is 1.67. The first-order valence-electron chi connectivity index (χ1n) is 8.03. The summed E-state index contributed by atoms with van der Waals surface area (Å²) >= 11 is 1.35. The Bertz CT molecular complexity index is 923. The zero-order chi connectivity index (χ0) is 19.2. The highest BCUT2D eigenvalue weighted by atomic mass is 32.2. The van der Waals surface area contributed by atoms with Crippen LogP contribution < -0.4 is 10.6 Å². The first-order chi connectivity index (χ1) is 13.1. The van der Waals surface area contributed by atoms with Crippen molar-refractivity contribution in [2.24, 2.45) is 0 Å². The van der Waals surface area contributed by atoms with E-state index in [-0.39, 0.29) is 30.5 Å². The fourth-order valence-corrected chi connectivity index (χ4v) is 2.94. The predicted octanol–water partition coefficient (Wildman–Crippen LogP) is 2.37. The lowest BCUT2D eigenvalue weighted by Crippen LogP contribution is -2.37. The SMILES string of the molecule is CSc1ncc(C(=O)NCC(=O)NCc2ccco2)n1-c1ccc(F)cc1. The number of imidazole rings is 1. The zero-order valence-corrected chi connectivity index (χ0v) is 15.3. The van der Waals surface area contributed by atoms with E-state index in [1.54, 1.807) is 28.8 Å². The number of rotatable bonds is 7. The van der Waals surface area contributed by atoms with Gasteiger partial charge in [0.25, 0.3) is 5.91 Å². The molecule has 2 aromatic heterocycles. The van der Waals surface area contributed by atoms with E-state index >= 15 is 0 Å². The molecule has 27 heavy (non-hydrogen) atoms. The number of amides is 2. The Morgan fingerprint density at radius 1 is 1.22 bits per heavy atom. The average Bonchev–Trinajstić information content (AvgIpc) is 3.34. The fourth-order valence-electron chi connectivity index (χ4n) is 2.39. The van der Waals surface area contributed by atoms with Gasteiger partial charge in [-0.3, -0.25) is 14.2 Å². The number of carbonyl (C=O) groups is 2. The molecule has 2 amide bonds. The van der Waals surface area contributed by atoms with E-state index in [1.807, 2.05) is 6.26 Å². The number of nitrogens with one attached hydrogen (secondary N) is 2. The summed E-state index contributed by atoms with van der Waals surface area (Å²) in [5.41, 5.74) is 0.857. The number of hydrogen-bond acceptors (Lipinski definition) is 5. The van der Waals surface area contributed by atoms with Gasteiger partial charge in [-0.15, -0.1) is 0 Å². The molecule has 0 atom stereocenters. The van der Waals surface area contributed by atoms with Crippen molar-refractivity contribution < 1.29 is 18.4 Å². The van der Waals surface area contributed by atoms with Gasteiger partial charge in [0.15, 0.2) is 5.16 Å². The van der Waals surface area contributed by atoms with E-state index < -0.39 is 5.91 Å². The lowest BCUT2D eigenvalue weighted by molar-refractivity contribution is -0.120. The second-order valence-electron chi connectivity index (χ2n) is 5.48. The number of benzene rings is 1. The van der Waals surface area contributed by atoms with E-state index in [4.69, 9.17) is 4.42 Å². The van der Waals surface area contributed by atoms with Gasteiger partial charge in [0.05, 0.1) is 25.5 Å². The lowest BCUT2D eigenvalue weighted by Gasteiger charge is -2.11. The minimum Gasteiger partial charge on any atom is -0.467 e. The Morgan fingerprint density at radius 3 is 2.67 bits per heavy atom. The maximum Gasteiger partial charge on any atom is 0.270 e. The van der Waals surface area contributed by atoms with Crippen molar-refractivity contribution in [3.05, 3.63) is 66.1 Å². The molecule has 1 aromatic carbocycles. The molecule has 3 aromatic rings. The van der Waals surface area contributed by atoms with Crippen LogP contribution in [0, 0.1) is 5.82 Å². The van der Waals surface area contributed by atoms with Gasteiger partial charge in [0, 0.05) is 5.69 Å². The van der Waals surface area contributed by atoms with Crippen molar-refractivity contribution in [3.8, 4) is 5.69 Å². The van der Waals surface area contributed by atoms with Crippen LogP contribution in [0.1, 0.15) is 16.2 Å². The van der Waals surface area contributed by atoms with Gasteiger partial charge in [-0.05, 0) is 42.7 Å². The summed E-state index contributed by atoms with van der Waals surface area (Å²) in [7, 11) is 0. The molecule has 0 saturated heterocycles. The van der Waals surface area contributed by atoms with Crippen LogP contribution in [0.4, 0.5) is 4.39 Å². The molecule has 0 aliphatic carbocycles. The van der Waals surface area contributed by atoms with Gasteiger partial charge in [0.2, 0.25) is 5.91 Å². The van der Waals surface area contributed by atoms with Crippen molar-refractivity contribution in [3.63, 3.8) is 0 Å². The number of nitrogens with zero attached hydrogens (tertiary/aromatic N) is 2. The van der Waals surface area contributed by atoms with Crippen LogP contribution in [0.15, 0.2) is 58.4 Å². The third kappa shape index (κ3) is 4.56. The molecule has 7 nitrogen and oxygen atoms in total. The molecule has 0 bridgehead atoms. The number of furan rings is 1. The van der Waals surface area contributed by atoms with Crippen LogP contribution in [0.25, 0.3) is 5.69 Å². The molecule has 0 fully saturated rings. The van der Waals surface area contributed by atoms with Crippen LogP contribution >= 0.6 is 11.8 Å². The molecule has 0 aliphatic rings. The number of halogens is 1. The van der Waals surface area contributed by atoms with E-state index in [9.17, 15) is 14.0 Å². The number of carbonyl (C=O) groups excluding carboxylic acids is 2. The fraction of sp³-hybridized carbons (Fsp3) is 0.167. The maximum absolute atomic E-state index is 13.2. The molecule has 0 aliphatic heterocycles. The number of aromatic nitrogens is 2. The topological polar surface area (TPSA) is 89.2 Å². The molecule has 3 rings (SSSR count). The lowest BCUT2D eigenvalue weighted by atomic mass is 10.3. The van der Waals surface area contributed by atoms with Gasteiger partial charge in [0.1, 0.15) is 17.3 Å². The smallest absolute Gasteiger partial charge is 0.270 e. The predicted molar refractivity (Wildman–Crippen MR) is 98.2 cm³/mol. The monoisotopic (exact) mass is 388 g/mol. The van der Waals surface area contributed by atoms with E-state index in [2.05, 4.69) is 15.6 Å². The van der Waals surface area contributed by atoms with Gasteiger partial charge in [-0.1, -0.05) is 11.8 Å². The first-order valence-corrected chi connectivity index (χ1v) is 9.26. The summed E-state index contributed by atoms with van der Waals surface area (Å²) in [6.07, 6.45) is 4.76.